The largest absolute Gasteiger partial charge is 0.350 e. The molecule has 3 aromatic rings. The van der Waals surface area contributed by atoms with Crippen LogP contribution in [0.4, 0.5) is 0 Å². The molecule has 154 valence electrons. The van der Waals surface area contributed by atoms with Crippen LogP contribution in [0.15, 0.2) is 58.1 Å². The number of rotatable bonds is 5. The van der Waals surface area contributed by atoms with Crippen LogP contribution in [0.1, 0.15) is 28.8 Å². The van der Waals surface area contributed by atoms with Crippen LogP contribution in [0, 0.1) is 0 Å². The summed E-state index contributed by atoms with van der Waals surface area (Å²) in [4.78, 5) is 43.4. The molecule has 0 bridgehead atoms. The summed E-state index contributed by atoms with van der Waals surface area (Å²) in [6, 6.07) is 12.5. The van der Waals surface area contributed by atoms with E-state index >= 15 is 0 Å². The minimum atomic E-state index is -0.287. The molecule has 0 radical (unpaired) electrons. The average molecular weight is 469 g/mol. The van der Waals surface area contributed by atoms with Gasteiger partial charge in [-0.3, -0.25) is 19.0 Å². The first-order valence-electron chi connectivity index (χ1n) is 9.81. The van der Waals surface area contributed by atoms with Crippen molar-refractivity contribution in [2.24, 2.45) is 0 Å². The molecule has 2 amide bonds. The predicted octanol–water partition coefficient (Wildman–Crippen LogP) is 2.71. The minimum Gasteiger partial charge on any atom is -0.350 e. The van der Waals surface area contributed by atoms with Gasteiger partial charge in [0.05, 0.1) is 17.2 Å². The summed E-state index contributed by atoms with van der Waals surface area (Å²) in [7, 11) is 0. The van der Waals surface area contributed by atoms with E-state index < -0.39 is 0 Å². The maximum absolute atomic E-state index is 12.6. The molecule has 0 unspecified atom stereocenters. The van der Waals surface area contributed by atoms with Crippen LogP contribution < -0.4 is 10.9 Å². The van der Waals surface area contributed by atoms with E-state index in [2.05, 4.69) is 26.2 Å². The number of carbonyl (C=O) groups is 2. The van der Waals surface area contributed by atoms with Gasteiger partial charge in [0.25, 0.3) is 11.5 Å². The highest BCUT2D eigenvalue weighted by Crippen LogP contribution is 2.15. The fourth-order valence-electron chi connectivity index (χ4n) is 3.52. The zero-order chi connectivity index (χ0) is 21.1. The zero-order valence-electron chi connectivity index (χ0n) is 16.3. The molecule has 1 fully saturated rings. The Morgan fingerprint density at radius 1 is 1.07 bits per heavy atom. The number of carbonyl (C=O) groups excluding carboxylic acids is 2. The van der Waals surface area contributed by atoms with E-state index in [-0.39, 0.29) is 23.9 Å². The second kappa shape index (κ2) is 8.79. The Morgan fingerprint density at radius 2 is 1.80 bits per heavy atom. The van der Waals surface area contributed by atoms with E-state index in [1.54, 1.807) is 24.3 Å². The molecule has 0 atom stereocenters. The number of halogens is 1. The van der Waals surface area contributed by atoms with Gasteiger partial charge in [-0.2, -0.15) is 0 Å². The highest BCUT2D eigenvalue weighted by Gasteiger charge is 2.19. The van der Waals surface area contributed by atoms with E-state index in [0.29, 0.717) is 23.0 Å². The molecule has 8 heteroatoms. The van der Waals surface area contributed by atoms with Crippen LogP contribution in [0.25, 0.3) is 10.9 Å². The molecule has 0 spiro atoms. The molecule has 1 aliphatic heterocycles. The van der Waals surface area contributed by atoms with Crippen molar-refractivity contribution >= 4 is 38.6 Å². The first kappa shape index (κ1) is 20.3. The Morgan fingerprint density at radius 3 is 2.53 bits per heavy atom. The van der Waals surface area contributed by atoms with Gasteiger partial charge in [-0.25, -0.2) is 4.98 Å². The van der Waals surface area contributed by atoms with E-state index in [1.165, 1.54) is 10.9 Å². The maximum atomic E-state index is 12.6. The maximum Gasteiger partial charge on any atom is 0.261 e. The third kappa shape index (κ3) is 4.43. The molecule has 2 aromatic carbocycles. The van der Waals surface area contributed by atoms with Crippen LogP contribution in [-0.4, -0.2) is 39.4 Å². The normalized spacial score (nSPS) is 13.6. The fraction of sp³-hybridized carbons (Fsp3) is 0.273. The first-order chi connectivity index (χ1) is 14.5. The van der Waals surface area contributed by atoms with Gasteiger partial charge in [-0.05, 0) is 48.7 Å². The van der Waals surface area contributed by atoms with E-state index in [0.717, 1.165) is 36.0 Å². The lowest BCUT2D eigenvalue weighted by Gasteiger charge is -2.15. The van der Waals surface area contributed by atoms with E-state index in [4.69, 9.17) is 0 Å². The number of hydrogen-bond donors (Lipinski definition) is 1. The van der Waals surface area contributed by atoms with Gasteiger partial charge in [0, 0.05) is 29.7 Å². The molecule has 1 N–H and O–H groups in total. The van der Waals surface area contributed by atoms with Crippen molar-refractivity contribution in [2.45, 2.75) is 25.9 Å². The van der Waals surface area contributed by atoms with Crippen molar-refractivity contribution in [1.82, 2.24) is 19.8 Å². The van der Waals surface area contributed by atoms with Crippen molar-refractivity contribution in [3.05, 3.63) is 74.7 Å². The molecule has 1 aliphatic rings. The van der Waals surface area contributed by atoms with Crippen molar-refractivity contribution < 1.29 is 9.59 Å². The molecule has 4 rings (SSSR count). The van der Waals surface area contributed by atoms with Crippen LogP contribution in [0.2, 0.25) is 0 Å². The Kier molecular flexibility index (Phi) is 5.94. The summed E-state index contributed by atoms with van der Waals surface area (Å²) in [6.07, 6.45) is 3.50. The lowest BCUT2D eigenvalue weighted by molar-refractivity contribution is -0.121. The number of benzene rings is 2. The number of amides is 2. The smallest absolute Gasteiger partial charge is 0.261 e. The summed E-state index contributed by atoms with van der Waals surface area (Å²) < 4.78 is 2.07. The Bertz CT molecular complexity index is 1150. The molecule has 1 aromatic heterocycles. The monoisotopic (exact) mass is 468 g/mol. The molecule has 2 heterocycles. The summed E-state index contributed by atoms with van der Waals surface area (Å²) in [5.74, 6) is -0.233. The minimum absolute atomic E-state index is 0.0536. The van der Waals surface area contributed by atoms with Crippen molar-refractivity contribution in [1.29, 1.82) is 0 Å². The lowest BCUT2D eigenvalue weighted by atomic mass is 10.1. The number of hydrogen-bond acceptors (Lipinski definition) is 4. The fourth-order valence-corrected chi connectivity index (χ4v) is 3.88. The topological polar surface area (TPSA) is 84.3 Å². The van der Waals surface area contributed by atoms with Gasteiger partial charge in [-0.1, -0.05) is 28.1 Å². The number of nitrogens with zero attached hydrogens (tertiary/aromatic N) is 3. The average Bonchev–Trinajstić information content (AvgIpc) is 3.29. The summed E-state index contributed by atoms with van der Waals surface area (Å²) in [5, 5.41) is 3.26. The van der Waals surface area contributed by atoms with Gasteiger partial charge < -0.3 is 10.2 Å². The highest BCUT2D eigenvalue weighted by molar-refractivity contribution is 9.10. The molecular formula is C22H21BrN4O3. The molecule has 0 aliphatic carbocycles. The van der Waals surface area contributed by atoms with E-state index in [9.17, 15) is 14.4 Å². The number of fused-ring (bicyclic) bond motifs is 1. The Balaban J connectivity index is 1.37. The lowest BCUT2D eigenvalue weighted by Crippen LogP contribution is -2.32. The van der Waals surface area contributed by atoms with Crippen LogP contribution >= 0.6 is 15.9 Å². The zero-order valence-corrected chi connectivity index (χ0v) is 17.9. The molecular weight excluding hydrogens is 448 g/mol. The second-order valence-corrected chi connectivity index (χ2v) is 8.23. The molecule has 0 saturated carbocycles. The Labute approximate surface area is 181 Å². The number of nitrogens with one attached hydrogen (secondary N) is 1. The van der Waals surface area contributed by atoms with E-state index in [1.807, 2.05) is 23.1 Å². The van der Waals surface area contributed by atoms with Crippen LogP contribution in [0.5, 0.6) is 0 Å². The molecule has 1 saturated heterocycles. The second-order valence-electron chi connectivity index (χ2n) is 7.31. The summed E-state index contributed by atoms with van der Waals surface area (Å²) in [6.45, 7) is 1.84. The molecule has 30 heavy (non-hydrogen) atoms. The van der Waals surface area contributed by atoms with Crippen molar-refractivity contribution in [2.75, 3.05) is 13.1 Å². The third-order valence-corrected chi connectivity index (χ3v) is 5.68. The predicted molar refractivity (Wildman–Crippen MR) is 117 cm³/mol. The van der Waals surface area contributed by atoms with Gasteiger partial charge >= 0.3 is 0 Å². The Hall–Kier alpha value is -3.00. The number of likely N-dealkylation sites (tertiary alicyclic amines) is 1. The first-order valence-corrected chi connectivity index (χ1v) is 10.6. The van der Waals surface area contributed by atoms with Gasteiger partial charge in [-0.15, -0.1) is 0 Å². The SMILES string of the molecule is O=C(Cn1cnc2ccc(Br)cc2c1=O)NCc1ccc(C(=O)N2CCCC2)cc1. The summed E-state index contributed by atoms with van der Waals surface area (Å²) in [5.41, 5.74) is 1.87. The van der Waals surface area contributed by atoms with Crippen LogP contribution in [-0.2, 0) is 17.9 Å². The van der Waals surface area contributed by atoms with Gasteiger partial charge in [0.2, 0.25) is 5.91 Å². The third-order valence-electron chi connectivity index (χ3n) is 5.18. The highest BCUT2D eigenvalue weighted by atomic mass is 79.9. The number of aromatic nitrogens is 2. The molecule has 7 nitrogen and oxygen atoms in total. The van der Waals surface area contributed by atoms with Crippen molar-refractivity contribution in [3.8, 4) is 0 Å². The van der Waals surface area contributed by atoms with Gasteiger partial charge in [0.15, 0.2) is 0 Å². The van der Waals surface area contributed by atoms with Gasteiger partial charge in [0.1, 0.15) is 6.54 Å². The van der Waals surface area contributed by atoms with Crippen molar-refractivity contribution in [3.63, 3.8) is 0 Å². The summed E-state index contributed by atoms with van der Waals surface area (Å²) >= 11 is 3.35. The quantitative estimate of drug-likeness (QED) is 0.623. The standard InChI is InChI=1S/C22H21BrN4O3/c23-17-7-8-19-18(11-17)22(30)27(14-25-19)13-20(28)24-12-15-3-5-16(6-4-15)21(29)26-9-1-2-10-26/h3-8,11,14H,1-2,9-10,12-13H2,(H,24,28). The van der Waals surface area contributed by atoms with Crippen LogP contribution in [0.3, 0.4) is 0 Å².